The van der Waals surface area contributed by atoms with Crippen molar-refractivity contribution in [3.05, 3.63) is 12.7 Å². The highest BCUT2D eigenvalue weighted by Gasteiger charge is 2.14. The van der Waals surface area contributed by atoms with Gasteiger partial charge in [-0.3, -0.25) is 0 Å². The van der Waals surface area contributed by atoms with Crippen LogP contribution in [0.5, 0.6) is 0 Å². The van der Waals surface area contributed by atoms with Crippen LogP contribution in [-0.4, -0.2) is 23.6 Å². The van der Waals surface area contributed by atoms with E-state index in [1.54, 1.807) is 0 Å². The minimum Gasteiger partial charge on any atom is -0.310 e. The van der Waals surface area contributed by atoms with Gasteiger partial charge in [-0.25, -0.2) is 0 Å². The van der Waals surface area contributed by atoms with Crippen molar-refractivity contribution in [2.45, 2.75) is 50.3 Å². The third kappa shape index (κ3) is 4.52. The predicted molar refractivity (Wildman–Crippen MR) is 67.0 cm³/mol. The largest absolute Gasteiger partial charge is 0.310 e. The van der Waals surface area contributed by atoms with Crippen molar-refractivity contribution in [3.8, 4) is 0 Å². The van der Waals surface area contributed by atoms with E-state index in [-0.39, 0.29) is 0 Å². The number of likely N-dealkylation sites (N-methyl/N-ethyl adjacent to an activating group) is 1. The van der Waals surface area contributed by atoms with Gasteiger partial charge in [-0.15, -0.1) is 6.58 Å². The highest BCUT2D eigenvalue weighted by Crippen LogP contribution is 2.28. The van der Waals surface area contributed by atoms with E-state index in [0.29, 0.717) is 6.04 Å². The van der Waals surface area contributed by atoms with Crippen molar-refractivity contribution < 1.29 is 0 Å². The van der Waals surface area contributed by atoms with Gasteiger partial charge in [0.15, 0.2) is 0 Å². The Bertz CT molecular complexity index is 152. The molecule has 1 N–H and O–H groups in total. The maximum atomic E-state index is 3.87. The lowest BCUT2D eigenvalue weighted by molar-refractivity contribution is 0.515. The summed E-state index contributed by atoms with van der Waals surface area (Å²) in [4.78, 5) is 0. The van der Waals surface area contributed by atoms with Crippen LogP contribution in [0.25, 0.3) is 0 Å². The molecule has 1 aliphatic carbocycles. The first kappa shape index (κ1) is 12.1. The molecule has 0 saturated heterocycles. The number of rotatable bonds is 6. The van der Waals surface area contributed by atoms with Crippen LogP contribution < -0.4 is 5.32 Å². The molecule has 0 aromatic carbocycles. The molecule has 0 aromatic rings. The summed E-state index contributed by atoms with van der Waals surface area (Å²) in [5.41, 5.74) is 0. The molecule has 0 aliphatic heterocycles. The molecular formula is C12H23NS. The molecule has 82 valence electrons. The van der Waals surface area contributed by atoms with Gasteiger partial charge < -0.3 is 5.32 Å². The minimum atomic E-state index is 0.506. The Labute approximate surface area is 92.7 Å². The fraction of sp³-hybridized carbons (Fsp3) is 0.833. The lowest BCUT2D eigenvalue weighted by atomic mass is 10.0. The fourth-order valence-corrected chi connectivity index (χ4v) is 3.34. The summed E-state index contributed by atoms with van der Waals surface area (Å²) < 4.78 is 0. The second-order valence-electron chi connectivity index (χ2n) is 3.99. The van der Waals surface area contributed by atoms with Crippen molar-refractivity contribution in [1.82, 2.24) is 5.32 Å². The van der Waals surface area contributed by atoms with Gasteiger partial charge in [-0.2, -0.15) is 11.8 Å². The first-order valence-electron chi connectivity index (χ1n) is 5.84. The minimum absolute atomic E-state index is 0.506. The van der Waals surface area contributed by atoms with Crippen LogP contribution >= 0.6 is 11.8 Å². The fourth-order valence-electron chi connectivity index (χ4n) is 1.94. The molecule has 1 saturated carbocycles. The van der Waals surface area contributed by atoms with Crippen LogP contribution in [0.3, 0.4) is 0 Å². The Morgan fingerprint density at radius 3 is 2.71 bits per heavy atom. The zero-order chi connectivity index (χ0) is 10.2. The molecule has 1 unspecified atom stereocenters. The summed E-state index contributed by atoms with van der Waals surface area (Å²) in [5.74, 6) is 1.20. The van der Waals surface area contributed by atoms with Crippen LogP contribution in [0.4, 0.5) is 0 Å². The van der Waals surface area contributed by atoms with Crippen molar-refractivity contribution in [2.24, 2.45) is 0 Å². The van der Waals surface area contributed by atoms with E-state index in [2.05, 4.69) is 30.6 Å². The van der Waals surface area contributed by atoms with E-state index in [4.69, 9.17) is 0 Å². The first-order chi connectivity index (χ1) is 6.86. The Kier molecular flexibility index (Phi) is 6.37. The molecule has 1 fully saturated rings. The number of nitrogens with one attached hydrogen (secondary N) is 1. The summed E-state index contributed by atoms with van der Waals surface area (Å²) in [5, 5.41) is 4.35. The van der Waals surface area contributed by atoms with Crippen LogP contribution in [0, 0.1) is 0 Å². The van der Waals surface area contributed by atoms with Gasteiger partial charge in [-0.05, 0) is 19.4 Å². The summed E-state index contributed by atoms with van der Waals surface area (Å²) in [6, 6.07) is 0.506. The first-order valence-corrected chi connectivity index (χ1v) is 6.89. The van der Waals surface area contributed by atoms with Crippen LogP contribution in [0.2, 0.25) is 0 Å². The molecule has 0 bridgehead atoms. The smallest absolute Gasteiger partial charge is 0.0338 e. The van der Waals surface area contributed by atoms with Crippen molar-refractivity contribution in [2.75, 3.05) is 12.3 Å². The monoisotopic (exact) mass is 213 g/mol. The molecule has 0 amide bonds. The average molecular weight is 213 g/mol. The van der Waals surface area contributed by atoms with Gasteiger partial charge in [0.2, 0.25) is 0 Å². The van der Waals surface area contributed by atoms with Crippen molar-refractivity contribution in [1.29, 1.82) is 0 Å². The highest BCUT2D eigenvalue weighted by atomic mass is 32.2. The lowest BCUT2D eigenvalue weighted by Gasteiger charge is -2.23. The van der Waals surface area contributed by atoms with Crippen LogP contribution in [-0.2, 0) is 0 Å². The quantitative estimate of drug-likeness (QED) is 0.680. The molecule has 2 heteroatoms. The van der Waals surface area contributed by atoms with E-state index in [1.807, 2.05) is 6.08 Å². The van der Waals surface area contributed by atoms with E-state index in [9.17, 15) is 0 Å². The molecule has 1 rings (SSSR count). The molecule has 1 aliphatic rings. The third-order valence-electron chi connectivity index (χ3n) is 2.81. The molecule has 0 radical (unpaired) electrons. The van der Waals surface area contributed by atoms with Crippen molar-refractivity contribution in [3.63, 3.8) is 0 Å². The zero-order valence-electron chi connectivity index (χ0n) is 9.30. The second kappa shape index (κ2) is 7.36. The van der Waals surface area contributed by atoms with E-state index < -0.39 is 0 Å². The molecule has 14 heavy (non-hydrogen) atoms. The van der Waals surface area contributed by atoms with Gasteiger partial charge in [0.1, 0.15) is 0 Å². The SMILES string of the molecule is C=CC(CSC1CCCCC1)NCC. The molecule has 0 spiro atoms. The molecular weight excluding hydrogens is 190 g/mol. The summed E-state index contributed by atoms with van der Waals surface area (Å²) in [6.07, 6.45) is 9.24. The van der Waals surface area contributed by atoms with Gasteiger partial charge in [0.05, 0.1) is 0 Å². The Morgan fingerprint density at radius 1 is 1.43 bits per heavy atom. The standard InChI is InChI=1S/C12H23NS/c1-3-11(13-4-2)10-14-12-8-6-5-7-9-12/h3,11-13H,1,4-10H2,2H3. The maximum absolute atomic E-state index is 3.87. The number of hydrogen-bond donors (Lipinski definition) is 1. The van der Waals surface area contributed by atoms with Crippen molar-refractivity contribution >= 4 is 11.8 Å². The van der Waals surface area contributed by atoms with E-state index >= 15 is 0 Å². The van der Waals surface area contributed by atoms with Gasteiger partial charge in [-0.1, -0.05) is 32.3 Å². The third-order valence-corrected chi connectivity index (χ3v) is 4.31. The molecule has 0 heterocycles. The Balaban J connectivity index is 2.13. The van der Waals surface area contributed by atoms with Crippen LogP contribution in [0.15, 0.2) is 12.7 Å². The van der Waals surface area contributed by atoms with Crippen LogP contribution in [0.1, 0.15) is 39.0 Å². The molecule has 1 nitrogen and oxygen atoms in total. The average Bonchev–Trinajstić information content (AvgIpc) is 2.25. The number of thioether (sulfide) groups is 1. The predicted octanol–water partition coefficient (Wildman–Crippen LogP) is 3.22. The van der Waals surface area contributed by atoms with E-state index in [0.717, 1.165) is 11.8 Å². The summed E-state index contributed by atoms with van der Waals surface area (Å²) in [7, 11) is 0. The Morgan fingerprint density at radius 2 is 2.14 bits per heavy atom. The second-order valence-corrected chi connectivity index (χ2v) is 5.33. The summed E-state index contributed by atoms with van der Waals surface area (Å²) in [6.45, 7) is 7.07. The van der Waals surface area contributed by atoms with Gasteiger partial charge in [0, 0.05) is 17.0 Å². The molecule has 1 atom stereocenters. The molecule has 0 aromatic heterocycles. The Hall–Kier alpha value is 0.0500. The van der Waals surface area contributed by atoms with Gasteiger partial charge >= 0.3 is 0 Å². The maximum Gasteiger partial charge on any atom is 0.0338 e. The highest BCUT2D eigenvalue weighted by molar-refractivity contribution is 7.99. The summed E-state index contributed by atoms with van der Waals surface area (Å²) >= 11 is 2.14. The topological polar surface area (TPSA) is 12.0 Å². The zero-order valence-corrected chi connectivity index (χ0v) is 10.1. The van der Waals surface area contributed by atoms with E-state index in [1.165, 1.54) is 37.9 Å². The normalized spacial score (nSPS) is 20.6. The lowest BCUT2D eigenvalue weighted by Crippen LogP contribution is -2.29. The number of hydrogen-bond acceptors (Lipinski definition) is 2. The van der Waals surface area contributed by atoms with Gasteiger partial charge in [0.25, 0.3) is 0 Å².